The molecule has 3 aromatic carbocycles. The van der Waals surface area contributed by atoms with Crippen molar-refractivity contribution in [3.05, 3.63) is 95.2 Å². The fourth-order valence-corrected chi connectivity index (χ4v) is 6.26. The Labute approximate surface area is 234 Å². The molecule has 0 N–H and O–H groups in total. The van der Waals surface area contributed by atoms with Gasteiger partial charge in [-0.15, -0.1) is 0 Å². The number of amides is 2. The molecule has 1 aliphatic rings. The summed E-state index contributed by atoms with van der Waals surface area (Å²) >= 11 is 5.29. The number of rotatable bonds is 8. The number of hydrogen-bond acceptors (Lipinski definition) is 5. The van der Waals surface area contributed by atoms with Gasteiger partial charge in [-0.2, -0.15) is 0 Å². The van der Waals surface area contributed by atoms with Crippen molar-refractivity contribution >= 4 is 74.2 Å². The van der Waals surface area contributed by atoms with E-state index in [2.05, 4.69) is 45.2 Å². The molecule has 4 rings (SSSR count). The lowest BCUT2D eigenvalue weighted by molar-refractivity contribution is -0.123. The monoisotopic (exact) mass is 715 g/mol. The van der Waals surface area contributed by atoms with Gasteiger partial charge >= 0.3 is 0 Å². The van der Waals surface area contributed by atoms with Crippen molar-refractivity contribution in [2.24, 2.45) is 0 Å². The smallest absolute Gasteiger partial charge is 0.293 e. The van der Waals surface area contributed by atoms with Gasteiger partial charge in [0.1, 0.15) is 30.5 Å². The lowest BCUT2D eigenvalue weighted by Crippen LogP contribution is -2.32. The highest BCUT2D eigenvalue weighted by atomic mass is 127. The van der Waals surface area contributed by atoms with Crippen LogP contribution in [0.2, 0.25) is 0 Å². The Morgan fingerprint density at radius 1 is 0.971 bits per heavy atom. The first kappa shape index (κ1) is 26.0. The molecule has 180 valence electrons. The third kappa shape index (κ3) is 6.76. The summed E-state index contributed by atoms with van der Waals surface area (Å²) < 4.78 is 26.5. The molecule has 9 heteroatoms. The molecular weight excluding hydrogens is 695 g/mol. The van der Waals surface area contributed by atoms with Gasteiger partial charge in [0.2, 0.25) is 0 Å². The highest BCUT2D eigenvalue weighted by Gasteiger charge is 2.34. The van der Waals surface area contributed by atoms with Crippen LogP contribution in [-0.4, -0.2) is 29.2 Å². The van der Waals surface area contributed by atoms with E-state index in [4.69, 9.17) is 9.47 Å². The summed E-state index contributed by atoms with van der Waals surface area (Å²) in [5.74, 6) is 0.803. The van der Waals surface area contributed by atoms with E-state index in [0.29, 0.717) is 23.0 Å². The number of carbonyl (C=O) groups excluding carboxylic acids is 2. The second-order valence-corrected chi connectivity index (χ2v) is 11.0. The quantitative estimate of drug-likeness (QED) is 0.185. The second kappa shape index (κ2) is 11.7. The predicted octanol–water partition coefficient (Wildman–Crippen LogP) is 7.04. The molecule has 5 nitrogen and oxygen atoms in total. The Kier molecular flexibility index (Phi) is 8.71. The number of ether oxygens (including phenoxy) is 2. The predicted molar refractivity (Wildman–Crippen MR) is 152 cm³/mol. The normalized spacial score (nSPS) is 14.6. The summed E-state index contributed by atoms with van der Waals surface area (Å²) in [4.78, 5) is 26.8. The Bertz CT molecular complexity index is 1260. The number of imide groups is 1. The number of thioether (sulfide) groups is 1. The topological polar surface area (TPSA) is 55.8 Å². The Balaban J connectivity index is 1.40. The summed E-state index contributed by atoms with van der Waals surface area (Å²) in [7, 11) is 0. The minimum Gasteiger partial charge on any atom is -0.492 e. The molecule has 0 aliphatic carbocycles. The molecule has 0 atom stereocenters. The molecule has 3 aromatic rings. The lowest BCUT2D eigenvalue weighted by atomic mass is 10.2. The summed E-state index contributed by atoms with van der Waals surface area (Å²) in [6.07, 6.45) is 1.72. The van der Waals surface area contributed by atoms with Crippen LogP contribution in [0.1, 0.15) is 16.7 Å². The van der Waals surface area contributed by atoms with E-state index < -0.39 is 0 Å². The third-order valence-electron chi connectivity index (χ3n) is 5.09. The van der Waals surface area contributed by atoms with Crippen molar-refractivity contribution in [1.82, 2.24) is 4.90 Å². The molecule has 0 unspecified atom stereocenters. The van der Waals surface area contributed by atoms with Crippen molar-refractivity contribution in [3.8, 4) is 11.5 Å². The maximum atomic E-state index is 13.1. The van der Waals surface area contributed by atoms with E-state index in [1.54, 1.807) is 18.2 Å². The number of aryl methyl sites for hydroxylation is 1. The van der Waals surface area contributed by atoms with E-state index in [1.165, 1.54) is 17.0 Å². The van der Waals surface area contributed by atoms with Crippen molar-refractivity contribution in [2.45, 2.75) is 13.5 Å². The van der Waals surface area contributed by atoms with Crippen LogP contribution in [0.3, 0.4) is 0 Å². The van der Waals surface area contributed by atoms with E-state index in [9.17, 15) is 14.0 Å². The van der Waals surface area contributed by atoms with Crippen molar-refractivity contribution in [2.75, 3.05) is 13.2 Å². The van der Waals surface area contributed by atoms with Gasteiger partial charge in [-0.1, -0.05) is 29.8 Å². The molecule has 0 saturated carbocycles. The number of carbonyl (C=O) groups is 2. The van der Waals surface area contributed by atoms with Crippen LogP contribution in [-0.2, 0) is 11.4 Å². The van der Waals surface area contributed by atoms with Crippen molar-refractivity contribution in [1.29, 1.82) is 0 Å². The number of nitrogens with zero attached hydrogens (tertiary/aromatic N) is 1. The zero-order chi connectivity index (χ0) is 24.9. The van der Waals surface area contributed by atoms with Gasteiger partial charge in [0.25, 0.3) is 11.1 Å². The SMILES string of the molecule is Cc1ccc(OCCN2C(=O)S/C(=C\c3cc(I)c(OCc4ccc(F)cc4)c(I)c3)C2=O)cc1. The van der Waals surface area contributed by atoms with Crippen LogP contribution in [0.5, 0.6) is 11.5 Å². The molecule has 0 spiro atoms. The summed E-state index contributed by atoms with van der Waals surface area (Å²) in [5.41, 5.74) is 2.79. The van der Waals surface area contributed by atoms with Gasteiger partial charge in [-0.3, -0.25) is 14.5 Å². The summed E-state index contributed by atoms with van der Waals surface area (Å²) in [6, 6.07) is 17.6. The van der Waals surface area contributed by atoms with Gasteiger partial charge in [-0.25, -0.2) is 4.39 Å². The Morgan fingerprint density at radius 3 is 2.29 bits per heavy atom. The van der Waals surface area contributed by atoms with Crippen LogP contribution < -0.4 is 9.47 Å². The summed E-state index contributed by atoms with van der Waals surface area (Å²) in [6.45, 7) is 2.72. The Hall–Kier alpha value is -2.12. The molecular formula is C26H20FI2NO4S. The fourth-order valence-electron chi connectivity index (χ4n) is 3.27. The number of benzene rings is 3. The molecule has 1 fully saturated rings. The van der Waals surface area contributed by atoms with E-state index in [0.717, 1.165) is 35.6 Å². The maximum Gasteiger partial charge on any atom is 0.293 e. The highest BCUT2D eigenvalue weighted by molar-refractivity contribution is 14.1. The molecule has 1 saturated heterocycles. The van der Waals surface area contributed by atoms with Gasteiger partial charge < -0.3 is 9.47 Å². The largest absolute Gasteiger partial charge is 0.492 e. The maximum absolute atomic E-state index is 13.1. The first-order valence-corrected chi connectivity index (χ1v) is 13.6. The fraction of sp³-hybridized carbons (Fsp3) is 0.154. The zero-order valence-corrected chi connectivity index (χ0v) is 23.7. The first-order valence-electron chi connectivity index (χ1n) is 10.6. The second-order valence-electron chi connectivity index (χ2n) is 7.72. The van der Waals surface area contributed by atoms with E-state index in [-0.39, 0.29) is 30.1 Å². The van der Waals surface area contributed by atoms with Crippen LogP contribution in [0.15, 0.2) is 65.6 Å². The van der Waals surface area contributed by atoms with Gasteiger partial charge in [0.15, 0.2) is 0 Å². The molecule has 1 aliphatic heterocycles. The van der Waals surface area contributed by atoms with E-state index in [1.807, 2.05) is 43.3 Å². The zero-order valence-electron chi connectivity index (χ0n) is 18.6. The summed E-state index contributed by atoms with van der Waals surface area (Å²) in [5, 5.41) is -0.308. The van der Waals surface area contributed by atoms with Crippen LogP contribution in [0, 0.1) is 19.9 Å². The molecule has 0 bridgehead atoms. The van der Waals surface area contributed by atoms with Gasteiger partial charge in [-0.05, 0) is 117 Å². The molecule has 0 aromatic heterocycles. The standard InChI is InChI=1S/C26H20FI2NO4S/c1-16-2-8-20(9-3-16)33-11-10-30-25(31)23(35-26(30)32)14-18-12-21(28)24(22(29)13-18)34-15-17-4-6-19(27)7-5-17/h2-9,12-14H,10-11,15H2,1H3/b23-14-. The van der Waals surface area contributed by atoms with Gasteiger partial charge in [0.05, 0.1) is 18.6 Å². The average molecular weight is 715 g/mol. The minimum absolute atomic E-state index is 0.182. The van der Waals surface area contributed by atoms with Crippen LogP contribution in [0.4, 0.5) is 9.18 Å². The first-order chi connectivity index (χ1) is 16.8. The highest BCUT2D eigenvalue weighted by Crippen LogP contribution is 2.35. The number of hydrogen-bond donors (Lipinski definition) is 0. The lowest BCUT2D eigenvalue weighted by Gasteiger charge is -2.13. The van der Waals surface area contributed by atoms with Crippen molar-refractivity contribution < 1.29 is 23.5 Å². The molecule has 0 radical (unpaired) electrons. The third-order valence-corrected chi connectivity index (χ3v) is 7.60. The van der Waals surface area contributed by atoms with Crippen LogP contribution >= 0.6 is 56.9 Å². The van der Waals surface area contributed by atoms with Gasteiger partial charge in [0, 0.05) is 0 Å². The molecule has 2 amide bonds. The minimum atomic E-state index is -0.325. The van der Waals surface area contributed by atoms with Crippen LogP contribution in [0.25, 0.3) is 6.08 Å². The van der Waals surface area contributed by atoms with E-state index >= 15 is 0 Å². The molecule has 35 heavy (non-hydrogen) atoms. The average Bonchev–Trinajstić information content (AvgIpc) is 3.08. The Morgan fingerprint density at radius 2 is 1.63 bits per heavy atom. The van der Waals surface area contributed by atoms with Crippen molar-refractivity contribution in [3.63, 3.8) is 0 Å². The number of halogens is 3. The molecule has 1 heterocycles.